The molecule has 18 heavy (non-hydrogen) atoms. The quantitative estimate of drug-likeness (QED) is 0.802. The Hall–Kier alpha value is -1.07. The molecule has 5 heteroatoms. The molecule has 0 amide bonds. The number of anilines is 1. The Balaban J connectivity index is 2.20. The fraction of sp³-hybridized carbons (Fsp3) is 0.538. The van der Waals surface area contributed by atoms with Crippen LogP contribution in [0.2, 0.25) is 0 Å². The SMILES string of the molecule is CCCS(=O)(=O)N(Cc1ccccc1N)C1CC1. The molecular weight excluding hydrogens is 248 g/mol. The highest BCUT2D eigenvalue weighted by molar-refractivity contribution is 7.89. The lowest BCUT2D eigenvalue weighted by molar-refractivity contribution is 0.399. The van der Waals surface area contributed by atoms with Crippen molar-refractivity contribution in [3.63, 3.8) is 0 Å². The molecule has 1 aliphatic rings. The van der Waals surface area contributed by atoms with Crippen molar-refractivity contribution in [3.05, 3.63) is 29.8 Å². The van der Waals surface area contributed by atoms with E-state index in [0.29, 0.717) is 18.7 Å². The molecule has 0 aromatic heterocycles. The third-order valence-electron chi connectivity index (χ3n) is 3.15. The molecule has 0 aliphatic heterocycles. The van der Waals surface area contributed by atoms with E-state index in [-0.39, 0.29) is 11.8 Å². The summed E-state index contributed by atoms with van der Waals surface area (Å²) in [6, 6.07) is 7.64. The zero-order valence-corrected chi connectivity index (χ0v) is 11.5. The van der Waals surface area contributed by atoms with Crippen LogP contribution in [0.15, 0.2) is 24.3 Å². The Labute approximate surface area is 109 Å². The van der Waals surface area contributed by atoms with Crippen molar-refractivity contribution in [1.82, 2.24) is 4.31 Å². The highest BCUT2D eigenvalue weighted by Crippen LogP contribution is 2.32. The van der Waals surface area contributed by atoms with Gasteiger partial charge in [0.05, 0.1) is 5.75 Å². The van der Waals surface area contributed by atoms with Crippen LogP contribution in [0.4, 0.5) is 5.69 Å². The molecule has 0 heterocycles. The van der Waals surface area contributed by atoms with Crippen molar-refractivity contribution in [2.45, 2.75) is 38.8 Å². The zero-order chi connectivity index (χ0) is 13.2. The van der Waals surface area contributed by atoms with Crippen LogP contribution in [-0.4, -0.2) is 24.5 Å². The van der Waals surface area contributed by atoms with E-state index in [1.54, 1.807) is 4.31 Å². The van der Waals surface area contributed by atoms with Gasteiger partial charge in [-0.2, -0.15) is 4.31 Å². The van der Waals surface area contributed by atoms with E-state index in [1.165, 1.54) is 0 Å². The second kappa shape index (κ2) is 5.28. The van der Waals surface area contributed by atoms with Gasteiger partial charge in [0.15, 0.2) is 0 Å². The summed E-state index contributed by atoms with van der Waals surface area (Å²) in [4.78, 5) is 0. The van der Waals surface area contributed by atoms with E-state index < -0.39 is 10.0 Å². The van der Waals surface area contributed by atoms with Crippen LogP contribution in [0.3, 0.4) is 0 Å². The number of nitrogen functional groups attached to an aromatic ring is 1. The van der Waals surface area contributed by atoms with Crippen LogP contribution >= 0.6 is 0 Å². The van der Waals surface area contributed by atoms with Gasteiger partial charge in [0.25, 0.3) is 0 Å². The second-order valence-corrected chi connectivity index (χ2v) is 6.83. The normalized spacial score (nSPS) is 16.1. The van der Waals surface area contributed by atoms with Crippen LogP contribution < -0.4 is 5.73 Å². The highest BCUT2D eigenvalue weighted by Gasteiger charge is 2.36. The van der Waals surface area contributed by atoms with E-state index in [0.717, 1.165) is 18.4 Å². The second-order valence-electron chi connectivity index (χ2n) is 4.79. The fourth-order valence-corrected chi connectivity index (χ4v) is 3.79. The van der Waals surface area contributed by atoms with Gasteiger partial charge in [0, 0.05) is 18.3 Å². The zero-order valence-electron chi connectivity index (χ0n) is 10.7. The molecule has 0 unspecified atom stereocenters. The van der Waals surface area contributed by atoms with Gasteiger partial charge in [0.2, 0.25) is 10.0 Å². The molecule has 1 aromatic carbocycles. The summed E-state index contributed by atoms with van der Waals surface area (Å²) in [6.07, 6.45) is 2.58. The fourth-order valence-electron chi connectivity index (χ4n) is 2.04. The standard InChI is InChI=1S/C13H20N2O2S/c1-2-9-18(16,17)15(12-7-8-12)10-11-5-3-4-6-13(11)14/h3-6,12H,2,7-10,14H2,1H3. The van der Waals surface area contributed by atoms with Crippen LogP contribution in [0.1, 0.15) is 31.7 Å². The van der Waals surface area contributed by atoms with Crippen molar-refractivity contribution >= 4 is 15.7 Å². The number of hydrogen-bond donors (Lipinski definition) is 1. The summed E-state index contributed by atoms with van der Waals surface area (Å²) in [5.74, 6) is 0.218. The van der Waals surface area contributed by atoms with Crippen LogP contribution in [0.25, 0.3) is 0 Å². The molecule has 1 aromatic rings. The van der Waals surface area contributed by atoms with Gasteiger partial charge >= 0.3 is 0 Å². The Morgan fingerprint density at radius 2 is 2.00 bits per heavy atom. The molecule has 0 saturated heterocycles. The van der Waals surface area contributed by atoms with Crippen LogP contribution in [0.5, 0.6) is 0 Å². The first-order valence-corrected chi connectivity index (χ1v) is 7.98. The lowest BCUT2D eigenvalue weighted by atomic mass is 10.2. The minimum Gasteiger partial charge on any atom is -0.398 e. The molecule has 1 aliphatic carbocycles. The van der Waals surface area contributed by atoms with Crippen molar-refractivity contribution in [2.24, 2.45) is 0 Å². The van der Waals surface area contributed by atoms with Gasteiger partial charge in [0.1, 0.15) is 0 Å². The predicted octanol–water partition coefficient (Wildman–Crippen LogP) is 1.97. The van der Waals surface area contributed by atoms with Crippen molar-refractivity contribution in [2.75, 3.05) is 11.5 Å². The smallest absolute Gasteiger partial charge is 0.214 e. The summed E-state index contributed by atoms with van der Waals surface area (Å²) in [7, 11) is -3.15. The number of hydrogen-bond acceptors (Lipinski definition) is 3. The number of benzene rings is 1. The first kappa shape index (κ1) is 13.4. The van der Waals surface area contributed by atoms with E-state index in [9.17, 15) is 8.42 Å². The van der Waals surface area contributed by atoms with E-state index >= 15 is 0 Å². The molecule has 100 valence electrons. The van der Waals surface area contributed by atoms with Gasteiger partial charge in [-0.15, -0.1) is 0 Å². The highest BCUT2D eigenvalue weighted by atomic mass is 32.2. The van der Waals surface area contributed by atoms with Crippen LogP contribution in [0, 0.1) is 0 Å². The molecule has 1 saturated carbocycles. The predicted molar refractivity (Wildman–Crippen MR) is 73.5 cm³/mol. The van der Waals surface area contributed by atoms with E-state index in [2.05, 4.69) is 0 Å². The molecule has 2 rings (SSSR count). The topological polar surface area (TPSA) is 63.4 Å². The number of sulfonamides is 1. The van der Waals surface area contributed by atoms with Gasteiger partial charge in [-0.25, -0.2) is 8.42 Å². The minimum atomic E-state index is -3.15. The Morgan fingerprint density at radius 3 is 2.56 bits per heavy atom. The average molecular weight is 268 g/mol. The summed E-state index contributed by atoms with van der Waals surface area (Å²) < 4.78 is 26.1. The van der Waals surface area contributed by atoms with Crippen molar-refractivity contribution < 1.29 is 8.42 Å². The lowest BCUT2D eigenvalue weighted by Gasteiger charge is -2.22. The van der Waals surface area contributed by atoms with Gasteiger partial charge in [-0.05, 0) is 30.9 Å². The summed E-state index contributed by atoms with van der Waals surface area (Å²) in [5, 5.41) is 0. The Bertz CT molecular complexity index is 509. The van der Waals surface area contributed by atoms with Crippen LogP contribution in [-0.2, 0) is 16.6 Å². The molecule has 0 bridgehead atoms. The van der Waals surface area contributed by atoms with Crippen molar-refractivity contribution in [1.29, 1.82) is 0 Å². The maximum atomic E-state index is 12.2. The molecule has 1 fully saturated rings. The maximum Gasteiger partial charge on any atom is 0.214 e. The molecule has 0 atom stereocenters. The molecule has 4 nitrogen and oxygen atoms in total. The molecule has 2 N–H and O–H groups in total. The number of para-hydroxylation sites is 1. The minimum absolute atomic E-state index is 0.182. The lowest BCUT2D eigenvalue weighted by Crippen LogP contribution is -2.34. The van der Waals surface area contributed by atoms with Gasteiger partial charge < -0.3 is 5.73 Å². The monoisotopic (exact) mass is 268 g/mol. The molecular formula is C13H20N2O2S. The summed E-state index contributed by atoms with van der Waals surface area (Å²) >= 11 is 0. The number of nitrogens with two attached hydrogens (primary N) is 1. The molecule has 0 radical (unpaired) electrons. The number of rotatable bonds is 6. The first-order valence-electron chi connectivity index (χ1n) is 6.37. The number of nitrogens with zero attached hydrogens (tertiary/aromatic N) is 1. The Morgan fingerprint density at radius 1 is 1.33 bits per heavy atom. The summed E-state index contributed by atoms with van der Waals surface area (Å²) in [6.45, 7) is 2.29. The summed E-state index contributed by atoms with van der Waals surface area (Å²) in [5.41, 5.74) is 7.44. The third kappa shape index (κ3) is 3.03. The largest absolute Gasteiger partial charge is 0.398 e. The Kier molecular flexibility index (Phi) is 3.92. The third-order valence-corrected chi connectivity index (χ3v) is 5.22. The van der Waals surface area contributed by atoms with E-state index in [4.69, 9.17) is 5.73 Å². The first-order chi connectivity index (χ1) is 8.54. The van der Waals surface area contributed by atoms with Gasteiger partial charge in [-0.1, -0.05) is 25.1 Å². The maximum absolute atomic E-state index is 12.2. The average Bonchev–Trinajstić information content (AvgIpc) is 3.11. The van der Waals surface area contributed by atoms with Crippen molar-refractivity contribution in [3.8, 4) is 0 Å². The van der Waals surface area contributed by atoms with Gasteiger partial charge in [-0.3, -0.25) is 0 Å². The van der Waals surface area contributed by atoms with E-state index in [1.807, 2.05) is 31.2 Å². The molecule has 0 spiro atoms.